The third-order valence-electron chi connectivity index (χ3n) is 4.05. The lowest BCUT2D eigenvalue weighted by molar-refractivity contribution is 0.0952. The average Bonchev–Trinajstić information content (AvgIpc) is 3.14. The molecule has 0 unspecified atom stereocenters. The largest absolute Gasteiger partial charge is 0.346 e. The Labute approximate surface area is 137 Å². The van der Waals surface area contributed by atoms with Gasteiger partial charge in [-0.25, -0.2) is 15.0 Å². The quantitative estimate of drug-likeness (QED) is 0.613. The molecule has 0 saturated carbocycles. The van der Waals surface area contributed by atoms with E-state index in [0.29, 0.717) is 23.3 Å². The van der Waals surface area contributed by atoms with Gasteiger partial charge in [-0.05, 0) is 13.0 Å². The van der Waals surface area contributed by atoms with Crippen molar-refractivity contribution in [3.63, 3.8) is 0 Å². The molecule has 0 saturated heterocycles. The van der Waals surface area contributed by atoms with Gasteiger partial charge in [0.2, 0.25) is 0 Å². The van der Waals surface area contributed by atoms with Crippen molar-refractivity contribution in [2.45, 2.75) is 13.5 Å². The van der Waals surface area contributed by atoms with E-state index in [1.165, 1.54) is 0 Å². The molecule has 8 nitrogen and oxygen atoms in total. The second kappa shape index (κ2) is 5.41. The van der Waals surface area contributed by atoms with Gasteiger partial charge in [0, 0.05) is 25.6 Å². The van der Waals surface area contributed by atoms with Gasteiger partial charge in [-0.2, -0.15) is 0 Å². The highest BCUT2D eigenvalue weighted by molar-refractivity contribution is 6.04. The number of nitrogens with zero attached hydrogens (tertiary/aromatic N) is 6. The molecule has 0 fully saturated rings. The van der Waals surface area contributed by atoms with Crippen LogP contribution in [0.4, 0.5) is 0 Å². The van der Waals surface area contributed by atoms with Gasteiger partial charge < -0.3 is 9.88 Å². The molecule has 0 aliphatic heterocycles. The summed E-state index contributed by atoms with van der Waals surface area (Å²) in [5.74, 6) is 0.622. The van der Waals surface area contributed by atoms with E-state index in [2.05, 4.69) is 25.3 Å². The summed E-state index contributed by atoms with van der Waals surface area (Å²) >= 11 is 0. The van der Waals surface area contributed by atoms with Crippen LogP contribution in [0, 0.1) is 6.92 Å². The molecule has 8 heteroatoms. The summed E-state index contributed by atoms with van der Waals surface area (Å²) in [6.45, 7) is 2.25. The van der Waals surface area contributed by atoms with Gasteiger partial charge in [0.25, 0.3) is 5.91 Å². The van der Waals surface area contributed by atoms with E-state index >= 15 is 0 Å². The van der Waals surface area contributed by atoms with Crippen molar-refractivity contribution < 1.29 is 4.79 Å². The fourth-order valence-electron chi connectivity index (χ4n) is 2.66. The van der Waals surface area contributed by atoms with Crippen molar-refractivity contribution in [2.75, 3.05) is 0 Å². The molecule has 0 aromatic carbocycles. The highest BCUT2D eigenvalue weighted by Crippen LogP contribution is 2.16. The second-order valence-electron chi connectivity index (χ2n) is 5.49. The van der Waals surface area contributed by atoms with Gasteiger partial charge in [-0.3, -0.25) is 14.2 Å². The molecule has 0 aliphatic carbocycles. The molecule has 0 spiro atoms. The smallest absolute Gasteiger partial charge is 0.253 e. The minimum Gasteiger partial charge on any atom is -0.346 e. The van der Waals surface area contributed by atoms with Crippen molar-refractivity contribution in [1.82, 2.24) is 34.2 Å². The Morgan fingerprint density at radius 1 is 1.25 bits per heavy atom. The maximum atomic E-state index is 12.6. The molecule has 0 atom stereocenters. The van der Waals surface area contributed by atoms with Gasteiger partial charge in [-0.1, -0.05) is 0 Å². The summed E-state index contributed by atoms with van der Waals surface area (Å²) in [6, 6.07) is 1.68. The number of amides is 1. The van der Waals surface area contributed by atoms with Crippen LogP contribution in [0.15, 0.2) is 37.1 Å². The number of pyridine rings is 1. The Balaban J connectivity index is 1.62. The maximum Gasteiger partial charge on any atom is 0.253 e. The first kappa shape index (κ1) is 14.3. The Morgan fingerprint density at radius 2 is 2.12 bits per heavy atom. The molecule has 0 radical (unpaired) electrons. The first-order valence-electron chi connectivity index (χ1n) is 7.47. The van der Waals surface area contributed by atoms with Gasteiger partial charge in [0.1, 0.15) is 11.3 Å². The SMILES string of the molecule is Cc1nc2c(C(=O)NCc3cnc4cnccn34)ccnc2n1C. The predicted molar refractivity (Wildman–Crippen MR) is 87.4 cm³/mol. The molecule has 1 amide bonds. The van der Waals surface area contributed by atoms with E-state index in [0.717, 1.165) is 17.2 Å². The van der Waals surface area contributed by atoms with Crippen LogP contribution < -0.4 is 5.32 Å². The van der Waals surface area contributed by atoms with Crippen LogP contribution in [-0.4, -0.2) is 34.8 Å². The van der Waals surface area contributed by atoms with Crippen LogP contribution >= 0.6 is 0 Å². The van der Waals surface area contributed by atoms with Crippen LogP contribution in [0.1, 0.15) is 21.9 Å². The highest BCUT2D eigenvalue weighted by Gasteiger charge is 2.15. The fourth-order valence-corrected chi connectivity index (χ4v) is 2.66. The van der Waals surface area contributed by atoms with Crippen LogP contribution in [0.3, 0.4) is 0 Å². The third kappa shape index (κ3) is 2.19. The number of fused-ring (bicyclic) bond motifs is 2. The number of hydrogen-bond donors (Lipinski definition) is 1. The number of hydrogen-bond acceptors (Lipinski definition) is 5. The standard InChI is InChI=1S/C16H15N7O/c1-10-21-14-12(3-4-18-15(14)22(10)2)16(24)20-8-11-7-19-13-9-17-5-6-23(11)13/h3-7,9H,8H2,1-2H3,(H,20,24). The molecule has 0 aliphatic rings. The minimum absolute atomic E-state index is 0.190. The van der Waals surface area contributed by atoms with Gasteiger partial charge >= 0.3 is 0 Å². The van der Waals surface area contributed by atoms with Gasteiger partial charge in [0.05, 0.1) is 30.2 Å². The van der Waals surface area contributed by atoms with E-state index in [-0.39, 0.29) is 5.91 Å². The molecule has 4 aromatic rings. The number of imidazole rings is 2. The van der Waals surface area contributed by atoms with E-state index in [1.54, 1.807) is 30.9 Å². The number of carbonyl (C=O) groups is 1. The number of aryl methyl sites for hydroxylation is 2. The third-order valence-corrected chi connectivity index (χ3v) is 4.05. The zero-order chi connectivity index (χ0) is 16.7. The van der Waals surface area contributed by atoms with E-state index < -0.39 is 0 Å². The first-order valence-corrected chi connectivity index (χ1v) is 7.47. The van der Waals surface area contributed by atoms with Crippen LogP contribution in [-0.2, 0) is 13.6 Å². The van der Waals surface area contributed by atoms with E-state index in [4.69, 9.17) is 0 Å². The zero-order valence-electron chi connectivity index (χ0n) is 13.3. The molecule has 0 bridgehead atoms. The lowest BCUT2D eigenvalue weighted by Gasteiger charge is -2.06. The molecule has 4 aromatic heterocycles. The Bertz CT molecular complexity index is 1060. The predicted octanol–water partition coefficient (Wildman–Crippen LogP) is 1.25. The normalized spacial score (nSPS) is 11.2. The zero-order valence-corrected chi connectivity index (χ0v) is 13.3. The molecule has 24 heavy (non-hydrogen) atoms. The molecular formula is C16H15N7O. The first-order chi connectivity index (χ1) is 11.6. The van der Waals surface area contributed by atoms with Crippen LogP contribution in [0.2, 0.25) is 0 Å². The number of carbonyl (C=O) groups excluding carboxylic acids is 1. The van der Waals surface area contributed by atoms with E-state index in [9.17, 15) is 4.79 Å². The van der Waals surface area contributed by atoms with Crippen LogP contribution in [0.5, 0.6) is 0 Å². The second-order valence-corrected chi connectivity index (χ2v) is 5.49. The minimum atomic E-state index is -0.190. The monoisotopic (exact) mass is 321 g/mol. The fraction of sp³-hybridized carbons (Fsp3) is 0.188. The number of aromatic nitrogens is 6. The molecular weight excluding hydrogens is 306 g/mol. The lowest BCUT2D eigenvalue weighted by atomic mass is 10.2. The number of rotatable bonds is 3. The summed E-state index contributed by atoms with van der Waals surface area (Å²) in [7, 11) is 1.88. The summed E-state index contributed by atoms with van der Waals surface area (Å²) in [5.41, 5.74) is 3.44. The Hall–Kier alpha value is -3.29. The lowest BCUT2D eigenvalue weighted by Crippen LogP contribution is -2.24. The Morgan fingerprint density at radius 3 is 3.00 bits per heavy atom. The van der Waals surface area contributed by atoms with Crippen molar-refractivity contribution in [3.8, 4) is 0 Å². The maximum absolute atomic E-state index is 12.6. The van der Waals surface area contributed by atoms with Crippen molar-refractivity contribution in [1.29, 1.82) is 0 Å². The highest BCUT2D eigenvalue weighted by atomic mass is 16.1. The van der Waals surface area contributed by atoms with Crippen LogP contribution in [0.25, 0.3) is 16.8 Å². The summed E-state index contributed by atoms with van der Waals surface area (Å²) in [5, 5.41) is 2.92. The average molecular weight is 321 g/mol. The molecule has 120 valence electrons. The Kier molecular flexibility index (Phi) is 3.23. The molecule has 4 rings (SSSR count). The van der Waals surface area contributed by atoms with Crippen molar-refractivity contribution in [3.05, 3.63) is 54.1 Å². The van der Waals surface area contributed by atoms with Crippen molar-refractivity contribution >= 4 is 22.7 Å². The summed E-state index contributed by atoms with van der Waals surface area (Å²) < 4.78 is 3.75. The van der Waals surface area contributed by atoms with E-state index in [1.807, 2.05) is 29.1 Å². The topological polar surface area (TPSA) is 90.0 Å². The summed E-state index contributed by atoms with van der Waals surface area (Å²) in [6.07, 6.45) is 8.52. The van der Waals surface area contributed by atoms with Crippen molar-refractivity contribution in [2.24, 2.45) is 7.05 Å². The summed E-state index contributed by atoms with van der Waals surface area (Å²) in [4.78, 5) is 29.6. The van der Waals surface area contributed by atoms with Gasteiger partial charge in [0.15, 0.2) is 11.3 Å². The number of nitrogens with one attached hydrogen (secondary N) is 1. The van der Waals surface area contributed by atoms with Gasteiger partial charge in [-0.15, -0.1) is 0 Å². The molecule has 4 heterocycles. The molecule has 1 N–H and O–H groups in total.